The van der Waals surface area contributed by atoms with Gasteiger partial charge in [0.05, 0.1) is 28.7 Å². The summed E-state index contributed by atoms with van der Waals surface area (Å²) in [5.41, 5.74) is 2.15. The lowest BCUT2D eigenvalue weighted by Gasteiger charge is -2.12. The zero-order valence-electron chi connectivity index (χ0n) is 13.1. The summed E-state index contributed by atoms with van der Waals surface area (Å²) in [7, 11) is 0. The minimum Gasteiger partial charge on any atom is -0.395 e. The quantitative estimate of drug-likeness (QED) is 0.476. The molecule has 0 amide bonds. The van der Waals surface area contributed by atoms with Gasteiger partial charge in [0, 0.05) is 22.4 Å². The first-order chi connectivity index (χ1) is 12.2. The molecule has 0 aliphatic rings. The van der Waals surface area contributed by atoms with Crippen molar-refractivity contribution >= 4 is 51.6 Å². The molecule has 0 saturated carbocycles. The van der Waals surface area contributed by atoms with Gasteiger partial charge in [0.15, 0.2) is 0 Å². The molecule has 6 nitrogen and oxygen atoms in total. The summed E-state index contributed by atoms with van der Waals surface area (Å²) in [6.07, 6.45) is 1.71. The Hall–Kier alpha value is -1.97. The van der Waals surface area contributed by atoms with E-state index in [4.69, 9.17) is 16.7 Å². The molecule has 0 aliphatic heterocycles. The van der Waals surface area contributed by atoms with Gasteiger partial charge in [0.1, 0.15) is 5.82 Å². The molecule has 0 atom stereocenters. The highest BCUT2D eigenvalue weighted by Crippen LogP contribution is 2.28. The number of anilines is 3. The third-order valence-corrected chi connectivity index (χ3v) is 4.23. The lowest BCUT2D eigenvalue weighted by molar-refractivity contribution is 0.311. The Morgan fingerprint density at radius 1 is 1.08 bits per heavy atom. The summed E-state index contributed by atoms with van der Waals surface area (Å²) in [4.78, 5) is 13.2. The molecule has 0 spiro atoms. The maximum Gasteiger partial charge on any atom is 0.225 e. The molecule has 3 rings (SSSR count). The fraction of sp³-hybridized carbons (Fsp3) is 0.118. The summed E-state index contributed by atoms with van der Waals surface area (Å²) in [6, 6.07) is 13.2. The second kappa shape index (κ2) is 8.41. The molecule has 1 aromatic carbocycles. The average Bonchev–Trinajstić information content (AvgIpc) is 2.63. The molecule has 0 aliphatic carbocycles. The summed E-state index contributed by atoms with van der Waals surface area (Å²) in [5, 5.41) is 15.8. The van der Waals surface area contributed by atoms with Crippen LogP contribution < -0.4 is 10.6 Å². The molecule has 25 heavy (non-hydrogen) atoms. The van der Waals surface area contributed by atoms with Crippen LogP contribution in [0.2, 0.25) is 5.02 Å². The second-order valence-corrected chi connectivity index (χ2v) is 6.73. The van der Waals surface area contributed by atoms with Crippen LogP contribution in [0.1, 0.15) is 0 Å². The first-order valence-corrected chi connectivity index (χ1v) is 8.98. The van der Waals surface area contributed by atoms with Crippen molar-refractivity contribution in [2.75, 3.05) is 23.8 Å². The van der Waals surface area contributed by atoms with Gasteiger partial charge in [-0.2, -0.15) is 4.98 Å². The van der Waals surface area contributed by atoms with E-state index in [1.165, 1.54) is 0 Å². The van der Waals surface area contributed by atoms with Crippen molar-refractivity contribution in [2.45, 2.75) is 0 Å². The van der Waals surface area contributed by atoms with Crippen molar-refractivity contribution < 1.29 is 5.11 Å². The van der Waals surface area contributed by atoms with Crippen molar-refractivity contribution in [3.63, 3.8) is 0 Å². The molecule has 8 heteroatoms. The van der Waals surface area contributed by atoms with Gasteiger partial charge >= 0.3 is 0 Å². The van der Waals surface area contributed by atoms with E-state index in [0.29, 0.717) is 29.0 Å². The summed E-state index contributed by atoms with van der Waals surface area (Å²) >= 11 is 8.49. The highest BCUT2D eigenvalue weighted by atomic mass is 127. The van der Waals surface area contributed by atoms with Crippen molar-refractivity contribution in [1.82, 2.24) is 15.0 Å². The van der Waals surface area contributed by atoms with Crippen LogP contribution in [-0.4, -0.2) is 33.2 Å². The van der Waals surface area contributed by atoms with Crippen molar-refractivity contribution in [1.29, 1.82) is 0 Å². The molecule has 0 fully saturated rings. The predicted molar refractivity (Wildman–Crippen MR) is 108 cm³/mol. The van der Waals surface area contributed by atoms with Crippen LogP contribution in [0.15, 0.2) is 48.7 Å². The van der Waals surface area contributed by atoms with E-state index in [1.807, 2.05) is 36.4 Å². The highest BCUT2D eigenvalue weighted by Gasteiger charge is 2.09. The van der Waals surface area contributed by atoms with Crippen LogP contribution in [0.25, 0.3) is 11.4 Å². The number of aliphatic hydroxyl groups excluding tert-OH is 1. The number of hydrogen-bond acceptors (Lipinski definition) is 6. The standard InChI is InChI=1S/C17H15ClIN5O/c18-12-9-11(19)4-5-13(12)22-16-10-15(14-3-1-2-6-20-14)23-17(24-16)21-7-8-25/h1-6,9-10,25H,7-8H2,(H2,21,22,23,24). The Labute approximate surface area is 163 Å². The van der Waals surface area contributed by atoms with Gasteiger partial charge in [-0.3, -0.25) is 4.98 Å². The molecule has 0 unspecified atom stereocenters. The van der Waals surface area contributed by atoms with Gasteiger partial charge in [0.25, 0.3) is 0 Å². The number of halogens is 2. The first-order valence-electron chi connectivity index (χ1n) is 7.53. The maximum absolute atomic E-state index is 9.02. The predicted octanol–water partition coefficient (Wildman–Crippen LogP) is 3.94. The van der Waals surface area contributed by atoms with Crippen LogP contribution in [0.5, 0.6) is 0 Å². The lowest BCUT2D eigenvalue weighted by Crippen LogP contribution is -2.10. The molecule has 3 N–H and O–H groups in total. The Kier molecular flexibility index (Phi) is 6.00. The normalized spacial score (nSPS) is 10.5. The minimum absolute atomic E-state index is 0.0110. The third-order valence-electron chi connectivity index (χ3n) is 3.24. The number of nitrogens with one attached hydrogen (secondary N) is 2. The number of aromatic nitrogens is 3. The average molecular weight is 468 g/mol. The second-order valence-electron chi connectivity index (χ2n) is 5.08. The van der Waals surface area contributed by atoms with Crippen LogP contribution in [0.4, 0.5) is 17.5 Å². The number of rotatable bonds is 6. The van der Waals surface area contributed by atoms with E-state index in [-0.39, 0.29) is 6.61 Å². The minimum atomic E-state index is -0.0110. The monoisotopic (exact) mass is 467 g/mol. The molecule has 2 aromatic heterocycles. The van der Waals surface area contributed by atoms with Gasteiger partial charge in [-0.25, -0.2) is 4.98 Å². The van der Waals surface area contributed by atoms with Crippen LogP contribution in [0, 0.1) is 3.57 Å². The zero-order valence-corrected chi connectivity index (χ0v) is 16.0. The largest absolute Gasteiger partial charge is 0.395 e. The number of benzene rings is 1. The topological polar surface area (TPSA) is 83.0 Å². The van der Waals surface area contributed by atoms with Crippen LogP contribution in [-0.2, 0) is 0 Å². The Morgan fingerprint density at radius 3 is 2.68 bits per heavy atom. The fourth-order valence-corrected chi connectivity index (χ4v) is 3.04. The lowest BCUT2D eigenvalue weighted by atomic mass is 10.2. The van der Waals surface area contributed by atoms with E-state index < -0.39 is 0 Å². The van der Waals surface area contributed by atoms with Crippen molar-refractivity contribution in [2.24, 2.45) is 0 Å². The molecular formula is C17H15ClIN5O. The molecule has 128 valence electrons. The summed E-state index contributed by atoms with van der Waals surface area (Å²) in [6.45, 7) is 0.346. The summed E-state index contributed by atoms with van der Waals surface area (Å²) in [5.74, 6) is 0.987. The third kappa shape index (κ3) is 4.77. The molecule has 0 bridgehead atoms. The van der Waals surface area contributed by atoms with E-state index in [1.54, 1.807) is 12.3 Å². The van der Waals surface area contributed by atoms with E-state index in [0.717, 1.165) is 15.0 Å². The van der Waals surface area contributed by atoms with Crippen molar-refractivity contribution in [3.8, 4) is 11.4 Å². The van der Waals surface area contributed by atoms with Gasteiger partial charge < -0.3 is 15.7 Å². The van der Waals surface area contributed by atoms with E-state index in [2.05, 4.69) is 48.2 Å². The Balaban J connectivity index is 1.96. The van der Waals surface area contributed by atoms with Gasteiger partial charge in [0.2, 0.25) is 5.95 Å². The first kappa shape index (κ1) is 17.8. The van der Waals surface area contributed by atoms with Crippen molar-refractivity contribution in [3.05, 3.63) is 57.3 Å². The molecule has 0 radical (unpaired) electrons. The van der Waals surface area contributed by atoms with Gasteiger partial charge in [-0.05, 0) is 52.9 Å². The Morgan fingerprint density at radius 2 is 1.96 bits per heavy atom. The number of hydrogen-bond donors (Lipinski definition) is 3. The van der Waals surface area contributed by atoms with Gasteiger partial charge in [-0.15, -0.1) is 0 Å². The molecule has 0 saturated heterocycles. The molecule has 2 heterocycles. The van der Waals surface area contributed by atoms with E-state index >= 15 is 0 Å². The van der Waals surface area contributed by atoms with Crippen LogP contribution >= 0.6 is 34.2 Å². The fourth-order valence-electron chi connectivity index (χ4n) is 2.13. The number of aliphatic hydroxyl groups is 1. The molecular weight excluding hydrogens is 453 g/mol. The van der Waals surface area contributed by atoms with Gasteiger partial charge in [-0.1, -0.05) is 17.7 Å². The molecule has 3 aromatic rings. The number of nitrogens with zero attached hydrogens (tertiary/aromatic N) is 3. The summed E-state index contributed by atoms with van der Waals surface area (Å²) < 4.78 is 1.05. The smallest absolute Gasteiger partial charge is 0.225 e. The number of pyridine rings is 1. The van der Waals surface area contributed by atoms with E-state index in [9.17, 15) is 0 Å². The zero-order chi connectivity index (χ0) is 17.6. The highest BCUT2D eigenvalue weighted by molar-refractivity contribution is 14.1. The van der Waals surface area contributed by atoms with Crippen LogP contribution in [0.3, 0.4) is 0 Å². The SMILES string of the molecule is OCCNc1nc(Nc2ccc(I)cc2Cl)cc(-c2ccccn2)n1. The maximum atomic E-state index is 9.02. The Bertz CT molecular complexity index is 863.